The van der Waals surface area contributed by atoms with E-state index >= 15 is 0 Å². The number of fused-ring (bicyclic) bond motifs is 2. The molecule has 1 aliphatic carbocycles. The molecule has 0 bridgehead atoms. The van der Waals surface area contributed by atoms with E-state index in [-0.39, 0.29) is 0 Å². The summed E-state index contributed by atoms with van der Waals surface area (Å²) in [5, 5.41) is 4.63. The Bertz CT molecular complexity index is 792. The van der Waals surface area contributed by atoms with Crippen LogP contribution >= 0.6 is 0 Å². The second-order valence-electron chi connectivity index (χ2n) is 5.35. The normalized spacial score (nSPS) is 13.3. The first kappa shape index (κ1) is 12.3. The molecule has 2 heterocycles. The lowest BCUT2D eigenvalue weighted by Gasteiger charge is -2.11. The van der Waals surface area contributed by atoms with E-state index in [0.717, 1.165) is 30.7 Å². The average molecular weight is 276 g/mol. The van der Waals surface area contributed by atoms with E-state index < -0.39 is 0 Å². The van der Waals surface area contributed by atoms with Gasteiger partial charge in [0.15, 0.2) is 0 Å². The van der Waals surface area contributed by atoms with Crippen molar-refractivity contribution >= 4 is 16.7 Å². The third-order valence-electron chi connectivity index (χ3n) is 4.04. The molecule has 0 radical (unpaired) electrons. The summed E-state index contributed by atoms with van der Waals surface area (Å²) in [6.07, 6.45) is 6.83. The van der Waals surface area contributed by atoms with Crippen molar-refractivity contribution in [3.63, 3.8) is 0 Å². The Morgan fingerprint density at radius 1 is 1.00 bits per heavy atom. The fourth-order valence-electron chi connectivity index (χ4n) is 3.00. The van der Waals surface area contributed by atoms with Gasteiger partial charge in [0.2, 0.25) is 0 Å². The van der Waals surface area contributed by atoms with Crippen LogP contribution in [-0.4, -0.2) is 15.0 Å². The summed E-state index contributed by atoms with van der Waals surface area (Å²) in [4.78, 5) is 13.3. The minimum absolute atomic E-state index is 0.734. The van der Waals surface area contributed by atoms with Crippen molar-refractivity contribution in [2.45, 2.75) is 25.8 Å². The summed E-state index contributed by atoms with van der Waals surface area (Å²) >= 11 is 0. The number of para-hydroxylation sites is 1. The van der Waals surface area contributed by atoms with Crippen molar-refractivity contribution in [2.75, 3.05) is 5.32 Å². The van der Waals surface area contributed by atoms with Gasteiger partial charge in [0.1, 0.15) is 12.1 Å². The third kappa shape index (κ3) is 2.23. The van der Waals surface area contributed by atoms with Gasteiger partial charge in [-0.2, -0.15) is 0 Å². The number of pyridine rings is 1. The Hall–Kier alpha value is -2.49. The van der Waals surface area contributed by atoms with Gasteiger partial charge >= 0.3 is 0 Å². The topological polar surface area (TPSA) is 50.7 Å². The predicted octanol–water partition coefficient (Wildman–Crippen LogP) is 3.13. The predicted molar refractivity (Wildman–Crippen MR) is 83.1 cm³/mol. The number of nitrogens with one attached hydrogen (secondary N) is 1. The Labute approximate surface area is 123 Å². The van der Waals surface area contributed by atoms with Crippen LogP contribution in [0.4, 0.5) is 5.82 Å². The molecule has 3 aromatic rings. The zero-order chi connectivity index (χ0) is 14.1. The Morgan fingerprint density at radius 3 is 2.95 bits per heavy atom. The molecule has 0 saturated heterocycles. The number of nitrogens with zero attached hydrogens (tertiary/aromatic N) is 3. The molecule has 1 aromatic carbocycles. The molecule has 4 nitrogen and oxygen atoms in total. The number of anilines is 1. The summed E-state index contributed by atoms with van der Waals surface area (Å²) < 4.78 is 0. The van der Waals surface area contributed by atoms with Crippen molar-refractivity contribution in [1.82, 2.24) is 15.0 Å². The van der Waals surface area contributed by atoms with Crippen LogP contribution in [0.1, 0.15) is 23.2 Å². The maximum Gasteiger partial charge on any atom is 0.133 e. The van der Waals surface area contributed by atoms with Crippen LogP contribution in [0.15, 0.2) is 42.9 Å². The molecule has 0 aliphatic heterocycles. The molecule has 0 saturated carbocycles. The van der Waals surface area contributed by atoms with Gasteiger partial charge in [0, 0.05) is 29.4 Å². The highest BCUT2D eigenvalue weighted by Gasteiger charge is 2.16. The van der Waals surface area contributed by atoms with Crippen LogP contribution in [0.3, 0.4) is 0 Å². The van der Waals surface area contributed by atoms with Crippen LogP contribution in [0.5, 0.6) is 0 Å². The van der Waals surface area contributed by atoms with Crippen LogP contribution in [-0.2, 0) is 19.4 Å². The molecular weight excluding hydrogens is 260 g/mol. The second kappa shape index (κ2) is 5.13. The number of hydrogen-bond acceptors (Lipinski definition) is 4. The molecule has 0 atom stereocenters. The lowest BCUT2D eigenvalue weighted by Crippen LogP contribution is -2.06. The van der Waals surface area contributed by atoms with Crippen molar-refractivity contribution in [3.8, 4) is 0 Å². The number of rotatable bonds is 3. The van der Waals surface area contributed by atoms with Crippen molar-refractivity contribution < 1.29 is 0 Å². The highest BCUT2D eigenvalue weighted by atomic mass is 15.0. The molecule has 0 spiro atoms. The summed E-state index contributed by atoms with van der Waals surface area (Å²) in [7, 11) is 0. The van der Waals surface area contributed by atoms with E-state index in [4.69, 9.17) is 0 Å². The van der Waals surface area contributed by atoms with Crippen LogP contribution in [0.25, 0.3) is 10.9 Å². The van der Waals surface area contributed by atoms with Gasteiger partial charge in [0.25, 0.3) is 0 Å². The number of benzene rings is 1. The number of aromatic nitrogens is 3. The van der Waals surface area contributed by atoms with Gasteiger partial charge in [-0.25, -0.2) is 9.97 Å². The molecule has 0 amide bonds. The lowest BCUT2D eigenvalue weighted by molar-refractivity contribution is 0.899. The monoisotopic (exact) mass is 276 g/mol. The molecule has 1 N–H and O–H groups in total. The maximum atomic E-state index is 4.49. The molecular formula is C17H16N4. The molecule has 4 rings (SSSR count). The molecule has 1 aliphatic rings. The van der Waals surface area contributed by atoms with Crippen molar-refractivity contribution in [3.05, 3.63) is 59.7 Å². The summed E-state index contributed by atoms with van der Waals surface area (Å²) in [6.45, 7) is 0.734. The average Bonchev–Trinajstić information content (AvgIpc) is 3.02. The highest BCUT2D eigenvalue weighted by Crippen LogP contribution is 2.26. The van der Waals surface area contributed by atoms with E-state index in [0.29, 0.717) is 0 Å². The van der Waals surface area contributed by atoms with Gasteiger partial charge in [-0.3, -0.25) is 4.98 Å². The largest absolute Gasteiger partial charge is 0.366 e. The van der Waals surface area contributed by atoms with Crippen LogP contribution < -0.4 is 5.32 Å². The Balaban J connectivity index is 1.63. The molecule has 2 aromatic heterocycles. The summed E-state index contributed by atoms with van der Waals surface area (Å²) in [5.74, 6) is 0.977. The fourth-order valence-corrected chi connectivity index (χ4v) is 3.00. The standard InChI is InChI=1S/C17H16N4/c1-4-12-6-3-9-18-16(12)13(5-1)10-19-17-14-7-2-8-15(14)20-11-21-17/h1,3-6,9,11H,2,7-8,10H2,(H,19,20,21). The van der Waals surface area contributed by atoms with Crippen molar-refractivity contribution in [1.29, 1.82) is 0 Å². The lowest BCUT2D eigenvalue weighted by atomic mass is 10.1. The second-order valence-corrected chi connectivity index (χ2v) is 5.35. The van der Waals surface area contributed by atoms with E-state index in [1.54, 1.807) is 6.33 Å². The van der Waals surface area contributed by atoms with Gasteiger partial charge in [-0.15, -0.1) is 0 Å². The smallest absolute Gasteiger partial charge is 0.133 e. The highest BCUT2D eigenvalue weighted by molar-refractivity contribution is 5.81. The number of aryl methyl sites for hydroxylation is 1. The van der Waals surface area contributed by atoms with E-state index in [9.17, 15) is 0 Å². The zero-order valence-electron chi connectivity index (χ0n) is 11.7. The van der Waals surface area contributed by atoms with Crippen molar-refractivity contribution in [2.24, 2.45) is 0 Å². The van der Waals surface area contributed by atoms with E-state index in [2.05, 4.69) is 44.5 Å². The molecule has 0 fully saturated rings. The van der Waals surface area contributed by atoms with Crippen LogP contribution in [0.2, 0.25) is 0 Å². The molecule has 104 valence electrons. The first-order chi connectivity index (χ1) is 10.4. The van der Waals surface area contributed by atoms with E-state index in [1.807, 2.05) is 12.3 Å². The Morgan fingerprint density at radius 2 is 1.95 bits per heavy atom. The first-order valence-corrected chi connectivity index (χ1v) is 7.31. The summed E-state index contributed by atoms with van der Waals surface area (Å²) in [6, 6.07) is 10.3. The van der Waals surface area contributed by atoms with Gasteiger partial charge in [-0.1, -0.05) is 24.3 Å². The summed E-state index contributed by atoms with van der Waals surface area (Å²) in [5.41, 5.74) is 4.73. The molecule has 4 heteroatoms. The zero-order valence-corrected chi connectivity index (χ0v) is 11.7. The van der Waals surface area contributed by atoms with E-state index in [1.165, 1.54) is 28.6 Å². The third-order valence-corrected chi connectivity index (χ3v) is 4.04. The van der Waals surface area contributed by atoms with Gasteiger partial charge in [0.05, 0.1) is 5.52 Å². The SMILES string of the molecule is c1cnc2c(CNc3ncnc4c3CCC4)cccc2c1. The fraction of sp³-hybridized carbons (Fsp3) is 0.235. The quantitative estimate of drug-likeness (QED) is 0.798. The van der Waals surface area contributed by atoms with Gasteiger partial charge < -0.3 is 5.32 Å². The number of hydrogen-bond donors (Lipinski definition) is 1. The Kier molecular flexibility index (Phi) is 2.99. The molecule has 21 heavy (non-hydrogen) atoms. The van der Waals surface area contributed by atoms with Crippen LogP contribution in [0, 0.1) is 0 Å². The molecule has 0 unspecified atom stereocenters. The minimum atomic E-state index is 0.734. The minimum Gasteiger partial charge on any atom is -0.366 e. The first-order valence-electron chi connectivity index (χ1n) is 7.31. The van der Waals surface area contributed by atoms with Gasteiger partial charge in [-0.05, 0) is 30.9 Å². The maximum absolute atomic E-state index is 4.49.